The highest BCUT2D eigenvalue weighted by molar-refractivity contribution is 5.23. The zero-order chi connectivity index (χ0) is 18.2. The first kappa shape index (κ1) is 21.3. The van der Waals surface area contributed by atoms with Crippen LogP contribution in [0.15, 0.2) is 66.0 Å². The topological polar surface area (TPSA) is 20.2 Å². The summed E-state index contributed by atoms with van der Waals surface area (Å²) in [5.41, 5.74) is 2.57. The number of aliphatic hydroxyl groups excluding tert-OH is 1. The van der Waals surface area contributed by atoms with E-state index in [9.17, 15) is 5.11 Å². The number of benzene rings is 1. The first-order valence-electron chi connectivity index (χ1n) is 9.95. The molecule has 0 radical (unpaired) electrons. The van der Waals surface area contributed by atoms with Gasteiger partial charge in [-0.25, -0.2) is 0 Å². The van der Waals surface area contributed by atoms with Crippen LogP contribution in [-0.2, 0) is 6.42 Å². The molecule has 0 spiro atoms. The SMILES string of the molecule is C\C=C/C=C(C)\C=C(/O)CCCCCCCCCCc1ccccc1. The highest BCUT2D eigenvalue weighted by atomic mass is 16.3. The Labute approximate surface area is 155 Å². The summed E-state index contributed by atoms with van der Waals surface area (Å²) in [6.45, 7) is 4.02. The molecule has 0 fully saturated rings. The van der Waals surface area contributed by atoms with Crippen molar-refractivity contribution in [3.63, 3.8) is 0 Å². The van der Waals surface area contributed by atoms with Crippen molar-refractivity contribution >= 4 is 0 Å². The van der Waals surface area contributed by atoms with Gasteiger partial charge in [-0.15, -0.1) is 0 Å². The summed E-state index contributed by atoms with van der Waals surface area (Å²) in [7, 11) is 0. The summed E-state index contributed by atoms with van der Waals surface area (Å²) in [6.07, 6.45) is 20.2. The molecule has 0 heterocycles. The van der Waals surface area contributed by atoms with Crippen LogP contribution in [0.25, 0.3) is 0 Å². The lowest BCUT2D eigenvalue weighted by Crippen LogP contribution is -1.87. The number of unbranched alkanes of at least 4 members (excludes halogenated alkanes) is 7. The van der Waals surface area contributed by atoms with Crippen molar-refractivity contribution < 1.29 is 5.11 Å². The monoisotopic (exact) mass is 340 g/mol. The van der Waals surface area contributed by atoms with E-state index in [2.05, 4.69) is 30.3 Å². The van der Waals surface area contributed by atoms with Gasteiger partial charge in [0.25, 0.3) is 0 Å². The lowest BCUT2D eigenvalue weighted by atomic mass is 10.0. The lowest BCUT2D eigenvalue weighted by molar-refractivity contribution is 0.379. The highest BCUT2D eigenvalue weighted by Gasteiger charge is 1.97. The maximum absolute atomic E-state index is 9.91. The molecule has 0 bridgehead atoms. The summed E-state index contributed by atoms with van der Waals surface area (Å²) in [6, 6.07) is 10.8. The summed E-state index contributed by atoms with van der Waals surface area (Å²) < 4.78 is 0. The molecule has 138 valence electrons. The Hall–Kier alpha value is -1.76. The highest BCUT2D eigenvalue weighted by Crippen LogP contribution is 2.14. The predicted octanol–water partition coefficient (Wildman–Crippen LogP) is 7.70. The molecule has 0 saturated heterocycles. The normalized spacial score (nSPS) is 12.9. The number of aryl methyl sites for hydroxylation is 1. The fourth-order valence-electron chi connectivity index (χ4n) is 2.97. The Morgan fingerprint density at radius 2 is 1.48 bits per heavy atom. The number of aliphatic hydroxyl groups is 1. The Kier molecular flexibility index (Phi) is 12.4. The van der Waals surface area contributed by atoms with E-state index in [1.807, 2.05) is 38.2 Å². The fraction of sp³-hybridized carbons (Fsp3) is 0.500. The largest absolute Gasteiger partial charge is 0.512 e. The first-order chi connectivity index (χ1) is 12.2. The molecular weight excluding hydrogens is 304 g/mol. The molecule has 0 aliphatic heterocycles. The molecule has 0 aliphatic rings. The number of allylic oxidation sites excluding steroid dienone is 6. The van der Waals surface area contributed by atoms with E-state index in [0.717, 1.165) is 18.4 Å². The number of hydrogen-bond donors (Lipinski definition) is 1. The fourth-order valence-corrected chi connectivity index (χ4v) is 2.97. The zero-order valence-corrected chi connectivity index (χ0v) is 16.2. The maximum Gasteiger partial charge on any atom is 0.0925 e. The van der Waals surface area contributed by atoms with Gasteiger partial charge in [-0.05, 0) is 50.3 Å². The molecule has 1 aromatic carbocycles. The summed E-state index contributed by atoms with van der Waals surface area (Å²) in [4.78, 5) is 0. The molecule has 1 heteroatoms. The van der Waals surface area contributed by atoms with Crippen LogP contribution in [-0.4, -0.2) is 5.11 Å². The predicted molar refractivity (Wildman–Crippen MR) is 111 cm³/mol. The van der Waals surface area contributed by atoms with Crippen molar-refractivity contribution in [3.05, 3.63) is 71.5 Å². The minimum Gasteiger partial charge on any atom is -0.512 e. The lowest BCUT2D eigenvalue weighted by Gasteiger charge is -2.03. The van der Waals surface area contributed by atoms with E-state index in [0.29, 0.717) is 5.76 Å². The summed E-state index contributed by atoms with van der Waals surface area (Å²) in [5.74, 6) is 0.513. The third kappa shape index (κ3) is 12.3. The van der Waals surface area contributed by atoms with E-state index < -0.39 is 0 Å². The average molecular weight is 341 g/mol. The van der Waals surface area contributed by atoms with E-state index in [1.165, 1.54) is 56.9 Å². The molecule has 0 unspecified atom stereocenters. The van der Waals surface area contributed by atoms with Crippen molar-refractivity contribution in [1.29, 1.82) is 0 Å². The molecule has 0 aromatic heterocycles. The molecule has 1 N–H and O–H groups in total. The molecule has 1 nitrogen and oxygen atoms in total. The van der Waals surface area contributed by atoms with Gasteiger partial charge in [0.15, 0.2) is 0 Å². The Bertz CT molecular complexity index is 522. The van der Waals surface area contributed by atoms with Crippen LogP contribution >= 0.6 is 0 Å². The molecule has 0 saturated carbocycles. The van der Waals surface area contributed by atoms with Crippen LogP contribution in [0, 0.1) is 0 Å². The van der Waals surface area contributed by atoms with Gasteiger partial charge >= 0.3 is 0 Å². The second kappa shape index (κ2) is 14.6. The van der Waals surface area contributed by atoms with Crippen molar-refractivity contribution in [2.45, 2.75) is 78.1 Å². The second-order valence-corrected chi connectivity index (χ2v) is 6.89. The van der Waals surface area contributed by atoms with Gasteiger partial charge in [-0.3, -0.25) is 0 Å². The molecule has 1 rings (SSSR count). The minimum absolute atomic E-state index is 0.513. The van der Waals surface area contributed by atoms with Crippen molar-refractivity contribution in [1.82, 2.24) is 0 Å². The van der Waals surface area contributed by atoms with Gasteiger partial charge in [0, 0.05) is 6.42 Å². The molecule has 25 heavy (non-hydrogen) atoms. The average Bonchev–Trinajstić information content (AvgIpc) is 2.62. The Morgan fingerprint density at radius 3 is 2.12 bits per heavy atom. The van der Waals surface area contributed by atoms with Crippen LogP contribution in [0.3, 0.4) is 0 Å². The standard InChI is InChI=1S/C24H36O/c1-3-4-16-22(2)21-24(25)20-15-10-8-6-5-7-9-12-17-23-18-13-11-14-19-23/h3-4,11,13-14,16,18-19,21,25H,5-10,12,15,17,20H2,1-2H3/b4-3-,22-16-,24-21-. The molecular formula is C24H36O. The van der Waals surface area contributed by atoms with Gasteiger partial charge in [-0.1, -0.05) is 87.1 Å². The molecule has 0 atom stereocenters. The van der Waals surface area contributed by atoms with Crippen LogP contribution in [0.5, 0.6) is 0 Å². The first-order valence-corrected chi connectivity index (χ1v) is 9.95. The van der Waals surface area contributed by atoms with Crippen molar-refractivity contribution in [2.24, 2.45) is 0 Å². The van der Waals surface area contributed by atoms with Gasteiger partial charge < -0.3 is 5.11 Å². The van der Waals surface area contributed by atoms with E-state index >= 15 is 0 Å². The third-order valence-electron chi connectivity index (χ3n) is 4.44. The smallest absolute Gasteiger partial charge is 0.0925 e. The quantitative estimate of drug-likeness (QED) is 0.221. The van der Waals surface area contributed by atoms with E-state index in [-0.39, 0.29) is 0 Å². The van der Waals surface area contributed by atoms with Gasteiger partial charge in [-0.2, -0.15) is 0 Å². The van der Waals surface area contributed by atoms with Crippen LogP contribution in [0.2, 0.25) is 0 Å². The molecule has 0 aliphatic carbocycles. The molecule has 1 aromatic rings. The van der Waals surface area contributed by atoms with E-state index in [4.69, 9.17) is 0 Å². The maximum atomic E-state index is 9.91. The minimum atomic E-state index is 0.513. The Balaban J connectivity index is 1.94. The summed E-state index contributed by atoms with van der Waals surface area (Å²) in [5, 5.41) is 9.91. The van der Waals surface area contributed by atoms with Crippen LogP contribution in [0.1, 0.15) is 77.2 Å². The van der Waals surface area contributed by atoms with Gasteiger partial charge in [0.1, 0.15) is 0 Å². The van der Waals surface area contributed by atoms with Crippen molar-refractivity contribution in [2.75, 3.05) is 0 Å². The zero-order valence-electron chi connectivity index (χ0n) is 16.2. The number of hydrogen-bond acceptors (Lipinski definition) is 1. The van der Waals surface area contributed by atoms with Crippen LogP contribution < -0.4 is 0 Å². The molecule has 0 amide bonds. The second-order valence-electron chi connectivity index (χ2n) is 6.89. The number of rotatable bonds is 13. The third-order valence-corrected chi connectivity index (χ3v) is 4.44. The Morgan fingerprint density at radius 1 is 0.880 bits per heavy atom. The van der Waals surface area contributed by atoms with Gasteiger partial charge in [0.05, 0.1) is 5.76 Å². The summed E-state index contributed by atoms with van der Waals surface area (Å²) >= 11 is 0. The van der Waals surface area contributed by atoms with E-state index in [1.54, 1.807) is 0 Å². The van der Waals surface area contributed by atoms with Crippen LogP contribution in [0.4, 0.5) is 0 Å². The van der Waals surface area contributed by atoms with Gasteiger partial charge in [0.2, 0.25) is 0 Å². The van der Waals surface area contributed by atoms with Crippen molar-refractivity contribution in [3.8, 4) is 0 Å².